The summed E-state index contributed by atoms with van der Waals surface area (Å²) in [6, 6.07) is 9.88. The summed E-state index contributed by atoms with van der Waals surface area (Å²) in [6.07, 6.45) is 4.12. The van der Waals surface area contributed by atoms with Crippen molar-refractivity contribution in [3.63, 3.8) is 0 Å². The maximum Gasteiger partial charge on any atom is 0.216 e. The van der Waals surface area contributed by atoms with Crippen molar-refractivity contribution in [1.82, 2.24) is 0 Å². The summed E-state index contributed by atoms with van der Waals surface area (Å²) in [5, 5.41) is 0.790. The van der Waals surface area contributed by atoms with Crippen LogP contribution in [0.3, 0.4) is 0 Å². The van der Waals surface area contributed by atoms with Crippen molar-refractivity contribution < 1.29 is 4.74 Å². The van der Waals surface area contributed by atoms with E-state index in [0.717, 1.165) is 23.4 Å². The van der Waals surface area contributed by atoms with Crippen molar-refractivity contribution in [2.45, 2.75) is 25.8 Å². The lowest BCUT2D eigenvalue weighted by molar-refractivity contribution is 0.330. The Morgan fingerprint density at radius 1 is 1.47 bits per heavy atom. The van der Waals surface area contributed by atoms with E-state index in [1.54, 1.807) is 0 Å². The van der Waals surface area contributed by atoms with E-state index in [-0.39, 0.29) is 6.04 Å². The summed E-state index contributed by atoms with van der Waals surface area (Å²) >= 11 is 6.19. The molecule has 1 heterocycles. The molecule has 0 aliphatic carbocycles. The third-order valence-corrected chi connectivity index (χ3v) is 3.02. The highest BCUT2D eigenvalue weighted by Crippen LogP contribution is 2.20. The van der Waals surface area contributed by atoms with E-state index in [1.165, 1.54) is 0 Å². The van der Waals surface area contributed by atoms with Crippen molar-refractivity contribution in [3.05, 3.63) is 47.0 Å². The first-order valence-electron chi connectivity index (χ1n) is 5.93. The minimum Gasteiger partial charge on any atom is -0.475 e. The molecule has 0 aromatic heterocycles. The van der Waals surface area contributed by atoms with Gasteiger partial charge in [-0.1, -0.05) is 49.2 Å². The molecule has 0 saturated heterocycles. The van der Waals surface area contributed by atoms with Gasteiger partial charge in [-0.05, 0) is 18.6 Å². The number of benzene rings is 1. The van der Waals surface area contributed by atoms with Gasteiger partial charge < -0.3 is 4.74 Å². The second kappa shape index (κ2) is 5.87. The van der Waals surface area contributed by atoms with E-state index >= 15 is 0 Å². The quantitative estimate of drug-likeness (QED) is 0.796. The van der Waals surface area contributed by atoms with Crippen LogP contribution in [0.4, 0.5) is 0 Å². The number of allylic oxidation sites excluding steroid dienone is 1. The standard InChI is InChI=1S/C14H16ClNO/c1-2-3-9-12(15)13-10-17-14(16-13)11-7-5-4-6-8-11/h4-9,13H,2-3,10H2,1H3/b12-9-/t13-/m1/s1. The van der Waals surface area contributed by atoms with E-state index in [0.29, 0.717) is 12.5 Å². The molecular formula is C14H16ClNO. The highest BCUT2D eigenvalue weighted by molar-refractivity contribution is 6.30. The van der Waals surface area contributed by atoms with Crippen LogP contribution in [0.1, 0.15) is 25.3 Å². The van der Waals surface area contributed by atoms with Gasteiger partial charge in [-0.15, -0.1) is 0 Å². The zero-order valence-corrected chi connectivity index (χ0v) is 10.7. The summed E-state index contributed by atoms with van der Waals surface area (Å²) in [6.45, 7) is 2.67. The second-order valence-electron chi connectivity index (χ2n) is 4.00. The smallest absolute Gasteiger partial charge is 0.216 e. The largest absolute Gasteiger partial charge is 0.475 e. The van der Waals surface area contributed by atoms with Crippen molar-refractivity contribution in [1.29, 1.82) is 0 Å². The van der Waals surface area contributed by atoms with Crippen molar-refractivity contribution >= 4 is 17.5 Å². The van der Waals surface area contributed by atoms with Gasteiger partial charge in [0.15, 0.2) is 0 Å². The molecule has 1 aromatic rings. The number of unbranched alkanes of at least 4 members (excludes halogenated alkanes) is 1. The molecule has 0 bridgehead atoms. The van der Waals surface area contributed by atoms with Crippen molar-refractivity contribution in [2.24, 2.45) is 4.99 Å². The maximum atomic E-state index is 6.19. The Hall–Kier alpha value is -1.28. The molecule has 0 spiro atoms. The lowest BCUT2D eigenvalue weighted by atomic mass is 10.2. The molecule has 1 aromatic carbocycles. The number of halogens is 1. The van der Waals surface area contributed by atoms with E-state index in [4.69, 9.17) is 16.3 Å². The molecule has 2 rings (SSSR count). The highest BCUT2D eigenvalue weighted by Gasteiger charge is 2.22. The Labute approximate surface area is 107 Å². The fourth-order valence-electron chi connectivity index (χ4n) is 1.67. The maximum absolute atomic E-state index is 6.19. The Morgan fingerprint density at radius 3 is 2.94 bits per heavy atom. The normalized spacial score (nSPS) is 20.0. The molecule has 0 radical (unpaired) electrons. The van der Waals surface area contributed by atoms with Crippen LogP contribution in [-0.4, -0.2) is 18.5 Å². The Kier molecular flexibility index (Phi) is 4.21. The molecule has 1 atom stereocenters. The molecule has 17 heavy (non-hydrogen) atoms. The number of hydrogen-bond donors (Lipinski definition) is 0. The second-order valence-corrected chi connectivity index (χ2v) is 4.44. The highest BCUT2D eigenvalue weighted by atomic mass is 35.5. The van der Waals surface area contributed by atoms with Gasteiger partial charge in [0.05, 0.1) is 0 Å². The van der Waals surface area contributed by atoms with Gasteiger partial charge >= 0.3 is 0 Å². The SMILES string of the molecule is CCC/C=C(\Cl)[C@H]1COC(c2ccccc2)=N1. The fraction of sp³-hybridized carbons (Fsp3) is 0.357. The van der Waals surface area contributed by atoms with E-state index < -0.39 is 0 Å². The average Bonchev–Trinajstić information content (AvgIpc) is 2.86. The summed E-state index contributed by atoms with van der Waals surface area (Å²) < 4.78 is 5.58. The summed E-state index contributed by atoms with van der Waals surface area (Å²) in [5.74, 6) is 0.693. The van der Waals surface area contributed by atoms with Crippen molar-refractivity contribution in [3.8, 4) is 0 Å². The third kappa shape index (κ3) is 3.10. The minimum absolute atomic E-state index is 0.0292. The molecule has 2 nitrogen and oxygen atoms in total. The van der Waals surface area contributed by atoms with E-state index in [1.807, 2.05) is 36.4 Å². The molecule has 0 amide bonds. The molecule has 0 N–H and O–H groups in total. The lowest BCUT2D eigenvalue weighted by Gasteiger charge is -2.02. The molecule has 0 unspecified atom stereocenters. The van der Waals surface area contributed by atoms with Gasteiger partial charge in [-0.25, -0.2) is 4.99 Å². The van der Waals surface area contributed by atoms with Gasteiger partial charge in [0.2, 0.25) is 5.90 Å². The van der Waals surface area contributed by atoms with Gasteiger partial charge in [-0.3, -0.25) is 0 Å². The molecule has 1 aliphatic rings. The number of rotatable bonds is 4. The first-order chi connectivity index (χ1) is 8.31. The van der Waals surface area contributed by atoms with E-state index in [2.05, 4.69) is 11.9 Å². The number of hydrogen-bond acceptors (Lipinski definition) is 2. The zero-order chi connectivity index (χ0) is 12.1. The van der Waals surface area contributed by atoms with Crippen LogP contribution in [0.15, 0.2) is 46.4 Å². The number of nitrogens with zero attached hydrogens (tertiary/aromatic N) is 1. The Balaban J connectivity index is 2.09. The summed E-state index contributed by atoms with van der Waals surface area (Å²) in [7, 11) is 0. The lowest BCUT2D eigenvalue weighted by Crippen LogP contribution is -2.06. The molecule has 0 saturated carbocycles. The molecular weight excluding hydrogens is 234 g/mol. The van der Waals surface area contributed by atoms with Crippen LogP contribution >= 0.6 is 11.6 Å². The predicted molar refractivity (Wildman–Crippen MR) is 71.6 cm³/mol. The van der Waals surface area contributed by atoms with Gasteiger partial charge in [-0.2, -0.15) is 0 Å². The Bertz CT molecular complexity index is 425. The monoisotopic (exact) mass is 249 g/mol. The van der Waals surface area contributed by atoms with Crippen LogP contribution < -0.4 is 0 Å². The molecule has 0 fully saturated rings. The summed E-state index contributed by atoms with van der Waals surface area (Å²) in [5.41, 5.74) is 1.01. The van der Waals surface area contributed by atoms with Gasteiger partial charge in [0.25, 0.3) is 0 Å². The van der Waals surface area contributed by atoms with Gasteiger partial charge in [0, 0.05) is 10.6 Å². The minimum atomic E-state index is -0.0292. The Morgan fingerprint density at radius 2 is 2.24 bits per heavy atom. The summed E-state index contributed by atoms with van der Waals surface area (Å²) in [4.78, 5) is 4.51. The van der Waals surface area contributed by atoms with Crippen LogP contribution in [0.2, 0.25) is 0 Å². The van der Waals surface area contributed by atoms with Crippen LogP contribution in [0, 0.1) is 0 Å². The van der Waals surface area contributed by atoms with Gasteiger partial charge in [0.1, 0.15) is 12.6 Å². The topological polar surface area (TPSA) is 21.6 Å². The molecule has 1 aliphatic heterocycles. The van der Waals surface area contributed by atoms with Crippen LogP contribution in [0.5, 0.6) is 0 Å². The number of ether oxygens (including phenoxy) is 1. The average molecular weight is 250 g/mol. The third-order valence-electron chi connectivity index (χ3n) is 2.62. The van der Waals surface area contributed by atoms with Crippen LogP contribution in [-0.2, 0) is 4.74 Å². The molecule has 90 valence electrons. The van der Waals surface area contributed by atoms with E-state index in [9.17, 15) is 0 Å². The first-order valence-corrected chi connectivity index (χ1v) is 6.30. The van der Waals surface area contributed by atoms with Crippen LogP contribution in [0.25, 0.3) is 0 Å². The number of aliphatic imine (C=N–C) groups is 1. The predicted octanol–water partition coefficient (Wildman–Crippen LogP) is 3.75. The molecule has 3 heteroatoms. The first kappa shape index (κ1) is 12.2. The zero-order valence-electron chi connectivity index (χ0n) is 9.90. The fourth-order valence-corrected chi connectivity index (χ4v) is 1.89. The van der Waals surface area contributed by atoms with Crippen molar-refractivity contribution in [2.75, 3.05) is 6.61 Å².